The number of nitrogens with zero attached hydrogens (tertiary/aromatic N) is 1. The Balaban J connectivity index is 2.91. The molecule has 4 N–H and O–H groups in total. The van der Waals surface area contributed by atoms with Gasteiger partial charge >= 0.3 is 0 Å². The van der Waals surface area contributed by atoms with Crippen LogP contribution in [0.25, 0.3) is 0 Å². The molecule has 0 fully saturated rings. The molecule has 0 heterocycles. The Hall–Kier alpha value is -1.82. The smallest absolute Gasteiger partial charge is 0.294 e. The molecule has 0 aromatic heterocycles. The number of nitrogens with two attached hydrogens (primary N) is 2. The lowest BCUT2D eigenvalue weighted by Crippen LogP contribution is -2.24. The monoisotopic (exact) mass is 225 g/mol. The molecule has 6 heteroatoms. The zero-order valence-corrected chi connectivity index (χ0v) is 8.95. The van der Waals surface area contributed by atoms with Crippen LogP contribution in [-0.2, 0) is 4.74 Å². The third kappa shape index (κ3) is 3.43. The SMILES string of the molecule is COc1ccccc1N=C(N)OC(N)=S. The van der Waals surface area contributed by atoms with Crippen molar-refractivity contribution in [1.29, 1.82) is 0 Å². The Kier molecular flexibility index (Phi) is 3.87. The Bertz CT molecular complexity index is 393. The van der Waals surface area contributed by atoms with Crippen LogP contribution in [0.2, 0.25) is 0 Å². The van der Waals surface area contributed by atoms with Gasteiger partial charge in [0.15, 0.2) is 0 Å². The van der Waals surface area contributed by atoms with Gasteiger partial charge in [-0.05, 0) is 24.4 Å². The second kappa shape index (κ2) is 5.16. The molecule has 0 amide bonds. The first-order valence-corrected chi connectivity index (χ1v) is 4.48. The van der Waals surface area contributed by atoms with Gasteiger partial charge in [-0.3, -0.25) is 0 Å². The predicted molar refractivity (Wildman–Crippen MR) is 62.1 cm³/mol. The van der Waals surface area contributed by atoms with E-state index in [0.717, 1.165) is 0 Å². The third-order valence-corrected chi connectivity index (χ3v) is 1.60. The molecule has 1 aromatic carbocycles. The fourth-order valence-electron chi connectivity index (χ4n) is 0.967. The second-order valence-electron chi connectivity index (χ2n) is 2.54. The minimum atomic E-state index is -0.175. The van der Waals surface area contributed by atoms with E-state index in [-0.39, 0.29) is 11.2 Å². The van der Waals surface area contributed by atoms with Crippen molar-refractivity contribution in [2.75, 3.05) is 7.11 Å². The van der Waals surface area contributed by atoms with Gasteiger partial charge < -0.3 is 20.9 Å². The molecule has 0 saturated carbocycles. The molecule has 1 aromatic rings. The molecule has 15 heavy (non-hydrogen) atoms. The van der Waals surface area contributed by atoms with Crippen LogP contribution in [0.15, 0.2) is 29.3 Å². The molecule has 80 valence electrons. The maximum Gasteiger partial charge on any atom is 0.294 e. The molecule has 0 unspecified atom stereocenters. The molecular weight excluding hydrogens is 214 g/mol. The minimum Gasteiger partial charge on any atom is -0.494 e. The van der Waals surface area contributed by atoms with Crippen LogP contribution < -0.4 is 16.2 Å². The topological polar surface area (TPSA) is 82.9 Å². The normalized spacial score (nSPS) is 10.9. The van der Waals surface area contributed by atoms with Crippen LogP contribution in [-0.4, -0.2) is 18.3 Å². The van der Waals surface area contributed by atoms with Gasteiger partial charge in [0.25, 0.3) is 11.2 Å². The standard InChI is InChI=1S/C9H11N3O2S/c1-13-7-5-3-2-4-6(7)12-8(10)14-9(11)15/h2-5H,1H3,(H2,10,12)(H2,11,15). The predicted octanol–water partition coefficient (Wildman–Crippen LogP) is 0.902. The van der Waals surface area contributed by atoms with Crippen molar-refractivity contribution < 1.29 is 9.47 Å². The van der Waals surface area contributed by atoms with E-state index in [1.807, 2.05) is 6.07 Å². The number of ether oxygens (including phenoxy) is 2. The van der Waals surface area contributed by atoms with Crippen molar-refractivity contribution >= 4 is 29.1 Å². The van der Waals surface area contributed by atoms with E-state index >= 15 is 0 Å². The first-order chi connectivity index (χ1) is 7.13. The van der Waals surface area contributed by atoms with E-state index < -0.39 is 0 Å². The summed E-state index contributed by atoms with van der Waals surface area (Å²) in [5.41, 5.74) is 11.1. The molecule has 1 rings (SSSR count). The summed E-state index contributed by atoms with van der Waals surface area (Å²) in [6.45, 7) is 0. The lowest BCUT2D eigenvalue weighted by Gasteiger charge is -2.04. The summed E-state index contributed by atoms with van der Waals surface area (Å²) in [5, 5.41) is -0.175. The largest absolute Gasteiger partial charge is 0.494 e. The number of hydrogen-bond donors (Lipinski definition) is 2. The minimum absolute atomic E-state index is 0.119. The number of para-hydroxylation sites is 2. The van der Waals surface area contributed by atoms with Crippen molar-refractivity contribution in [2.45, 2.75) is 0 Å². The van der Waals surface area contributed by atoms with Gasteiger partial charge in [0.1, 0.15) is 11.4 Å². The number of benzene rings is 1. The summed E-state index contributed by atoms with van der Waals surface area (Å²) in [5.74, 6) is 0.590. The van der Waals surface area contributed by atoms with Crippen LogP contribution in [0.4, 0.5) is 5.69 Å². The van der Waals surface area contributed by atoms with Gasteiger partial charge in [-0.2, -0.15) is 4.99 Å². The first kappa shape index (κ1) is 11.3. The highest BCUT2D eigenvalue weighted by Gasteiger charge is 2.02. The molecule has 0 aliphatic carbocycles. The Morgan fingerprint density at radius 1 is 1.33 bits per heavy atom. The highest BCUT2D eigenvalue weighted by Crippen LogP contribution is 2.25. The fraction of sp³-hybridized carbons (Fsp3) is 0.111. The van der Waals surface area contributed by atoms with E-state index in [1.54, 1.807) is 25.3 Å². The Labute approximate surface area is 92.7 Å². The molecule has 0 aliphatic rings. The maximum absolute atomic E-state index is 5.43. The summed E-state index contributed by atoms with van der Waals surface area (Å²) >= 11 is 4.51. The van der Waals surface area contributed by atoms with Crippen molar-refractivity contribution in [3.63, 3.8) is 0 Å². The fourth-order valence-corrected chi connectivity index (χ4v) is 1.05. The zero-order chi connectivity index (χ0) is 11.3. The molecule has 0 saturated heterocycles. The number of aliphatic imine (C=N–C) groups is 1. The van der Waals surface area contributed by atoms with E-state index in [1.165, 1.54) is 0 Å². The first-order valence-electron chi connectivity index (χ1n) is 4.08. The van der Waals surface area contributed by atoms with Crippen LogP contribution in [0.3, 0.4) is 0 Å². The van der Waals surface area contributed by atoms with Crippen molar-refractivity contribution in [2.24, 2.45) is 16.5 Å². The quantitative estimate of drug-likeness (QED) is 0.444. The van der Waals surface area contributed by atoms with Gasteiger partial charge in [-0.25, -0.2) is 0 Å². The Morgan fingerprint density at radius 3 is 2.60 bits per heavy atom. The molecule has 0 atom stereocenters. The molecule has 0 aliphatic heterocycles. The van der Waals surface area contributed by atoms with E-state index in [4.69, 9.17) is 20.9 Å². The third-order valence-electron chi connectivity index (χ3n) is 1.52. The number of thiocarbonyl (C=S) groups is 1. The number of rotatable bonds is 2. The molecule has 0 radical (unpaired) electrons. The Morgan fingerprint density at radius 2 is 2.00 bits per heavy atom. The summed E-state index contributed by atoms with van der Waals surface area (Å²) in [6, 6.07) is 6.99. The maximum atomic E-state index is 5.43. The molecular formula is C9H11N3O2S. The summed E-state index contributed by atoms with van der Waals surface area (Å²) < 4.78 is 9.80. The van der Waals surface area contributed by atoms with E-state index in [2.05, 4.69) is 17.2 Å². The number of hydrogen-bond acceptors (Lipinski definition) is 4. The molecule has 0 bridgehead atoms. The van der Waals surface area contributed by atoms with Crippen molar-refractivity contribution in [3.05, 3.63) is 24.3 Å². The lowest BCUT2D eigenvalue weighted by atomic mass is 10.3. The van der Waals surface area contributed by atoms with E-state index in [9.17, 15) is 0 Å². The summed E-state index contributed by atoms with van der Waals surface area (Å²) in [7, 11) is 1.54. The summed E-state index contributed by atoms with van der Waals surface area (Å²) in [4.78, 5) is 3.95. The van der Waals surface area contributed by atoms with Gasteiger partial charge in [0.05, 0.1) is 7.11 Å². The number of amidine groups is 1. The van der Waals surface area contributed by atoms with Crippen LogP contribution in [0.1, 0.15) is 0 Å². The molecule has 0 spiro atoms. The highest BCUT2D eigenvalue weighted by molar-refractivity contribution is 7.80. The number of methoxy groups -OCH3 is 1. The van der Waals surface area contributed by atoms with Gasteiger partial charge in [-0.15, -0.1) is 0 Å². The van der Waals surface area contributed by atoms with Crippen LogP contribution in [0, 0.1) is 0 Å². The van der Waals surface area contributed by atoms with Gasteiger partial charge in [-0.1, -0.05) is 12.1 Å². The van der Waals surface area contributed by atoms with Crippen molar-refractivity contribution in [1.82, 2.24) is 0 Å². The van der Waals surface area contributed by atoms with Crippen LogP contribution in [0.5, 0.6) is 5.75 Å². The van der Waals surface area contributed by atoms with Gasteiger partial charge in [0.2, 0.25) is 0 Å². The van der Waals surface area contributed by atoms with Gasteiger partial charge in [0, 0.05) is 0 Å². The van der Waals surface area contributed by atoms with Crippen molar-refractivity contribution in [3.8, 4) is 5.75 Å². The summed E-state index contributed by atoms with van der Waals surface area (Å²) in [6.07, 6.45) is 0. The second-order valence-corrected chi connectivity index (χ2v) is 2.95. The highest BCUT2D eigenvalue weighted by atomic mass is 32.1. The van der Waals surface area contributed by atoms with Crippen LogP contribution >= 0.6 is 12.2 Å². The lowest BCUT2D eigenvalue weighted by molar-refractivity contribution is 0.416. The zero-order valence-electron chi connectivity index (χ0n) is 8.14. The average molecular weight is 225 g/mol. The average Bonchev–Trinajstić information content (AvgIpc) is 2.17. The molecule has 5 nitrogen and oxygen atoms in total. The van der Waals surface area contributed by atoms with E-state index in [0.29, 0.717) is 11.4 Å².